The van der Waals surface area contributed by atoms with E-state index in [4.69, 9.17) is 9.84 Å². The lowest BCUT2D eigenvalue weighted by atomic mass is 9.78. The molecule has 116 valence electrons. The van der Waals surface area contributed by atoms with Crippen LogP contribution in [0.3, 0.4) is 0 Å². The van der Waals surface area contributed by atoms with Crippen molar-refractivity contribution in [3.05, 3.63) is 0 Å². The smallest absolute Gasteiger partial charge is 0.305 e. The van der Waals surface area contributed by atoms with Crippen LogP contribution >= 0.6 is 0 Å². The molecule has 1 saturated carbocycles. The van der Waals surface area contributed by atoms with E-state index in [2.05, 4.69) is 0 Å². The van der Waals surface area contributed by atoms with Crippen molar-refractivity contribution in [1.29, 1.82) is 0 Å². The molecule has 0 unspecified atom stereocenters. The van der Waals surface area contributed by atoms with Crippen molar-refractivity contribution >= 4 is 11.9 Å². The molecule has 0 bridgehead atoms. The molecular formula is C15H27NO4. The molecule has 0 heterocycles. The largest absolute Gasteiger partial charge is 0.481 e. The van der Waals surface area contributed by atoms with E-state index < -0.39 is 11.5 Å². The van der Waals surface area contributed by atoms with Crippen molar-refractivity contribution in [1.82, 2.24) is 4.90 Å². The molecule has 1 rings (SSSR count). The van der Waals surface area contributed by atoms with Gasteiger partial charge in [-0.15, -0.1) is 0 Å². The van der Waals surface area contributed by atoms with Crippen LogP contribution in [0.5, 0.6) is 0 Å². The van der Waals surface area contributed by atoms with Gasteiger partial charge in [0.05, 0.1) is 12.0 Å². The number of rotatable bonds is 8. The van der Waals surface area contributed by atoms with Crippen LogP contribution in [0.1, 0.15) is 58.3 Å². The standard InChI is InChI=1S/C15H27NO4/c1-3-20-11-7-8-13(17)16(2)15(12-14(18)19)9-5-4-6-10-15/h3-12H2,1-2H3,(H,18,19). The maximum atomic E-state index is 12.3. The lowest BCUT2D eigenvalue weighted by Crippen LogP contribution is -2.52. The van der Waals surface area contributed by atoms with Gasteiger partial charge in [0.2, 0.25) is 5.91 Å². The summed E-state index contributed by atoms with van der Waals surface area (Å²) in [6, 6.07) is 0. The molecule has 0 radical (unpaired) electrons. The van der Waals surface area contributed by atoms with E-state index in [1.807, 2.05) is 6.92 Å². The Labute approximate surface area is 121 Å². The fraction of sp³-hybridized carbons (Fsp3) is 0.867. The summed E-state index contributed by atoms with van der Waals surface area (Å²) in [4.78, 5) is 25.1. The van der Waals surface area contributed by atoms with Crippen molar-refractivity contribution in [3.8, 4) is 0 Å². The number of hydrogen-bond donors (Lipinski definition) is 1. The molecule has 1 fully saturated rings. The summed E-state index contributed by atoms with van der Waals surface area (Å²) in [6.45, 7) is 3.17. The molecule has 1 amide bonds. The zero-order valence-corrected chi connectivity index (χ0v) is 12.7. The zero-order valence-electron chi connectivity index (χ0n) is 12.7. The lowest BCUT2D eigenvalue weighted by Gasteiger charge is -2.44. The van der Waals surface area contributed by atoms with Gasteiger partial charge >= 0.3 is 5.97 Å². The van der Waals surface area contributed by atoms with Gasteiger partial charge in [-0.2, -0.15) is 0 Å². The Hall–Kier alpha value is -1.10. The third kappa shape index (κ3) is 4.78. The molecule has 0 atom stereocenters. The maximum Gasteiger partial charge on any atom is 0.305 e. The van der Waals surface area contributed by atoms with Crippen LogP contribution in [-0.2, 0) is 14.3 Å². The zero-order chi connectivity index (χ0) is 15.0. The predicted molar refractivity (Wildman–Crippen MR) is 76.6 cm³/mol. The van der Waals surface area contributed by atoms with Crippen molar-refractivity contribution < 1.29 is 19.4 Å². The van der Waals surface area contributed by atoms with Gasteiger partial charge in [-0.25, -0.2) is 0 Å². The van der Waals surface area contributed by atoms with E-state index in [1.165, 1.54) is 0 Å². The highest BCUT2D eigenvalue weighted by molar-refractivity contribution is 5.78. The van der Waals surface area contributed by atoms with E-state index in [9.17, 15) is 9.59 Å². The fourth-order valence-electron chi connectivity index (χ4n) is 3.02. The molecule has 1 N–H and O–H groups in total. The van der Waals surface area contributed by atoms with E-state index >= 15 is 0 Å². The summed E-state index contributed by atoms with van der Waals surface area (Å²) in [5.41, 5.74) is -0.479. The number of carboxylic acid groups (broad SMARTS) is 1. The van der Waals surface area contributed by atoms with Crippen LogP contribution in [0.15, 0.2) is 0 Å². The molecule has 20 heavy (non-hydrogen) atoms. The Morgan fingerprint density at radius 3 is 2.45 bits per heavy atom. The number of nitrogens with zero attached hydrogens (tertiary/aromatic N) is 1. The molecular weight excluding hydrogens is 258 g/mol. The number of ether oxygens (including phenoxy) is 1. The molecule has 0 saturated heterocycles. The van der Waals surface area contributed by atoms with Crippen LogP contribution < -0.4 is 0 Å². The highest BCUT2D eigenvalue weighted by Crippen LogP contribution is 2.36. The van der Waals surface area contributed by atoms with E-state index in [1.54, 1.807) is 11.9 Å². The molecule has 0 spiro atoms. The second-order valence-corrected chi connectivity index (χ2v) is 5.61. The summed E-state index contributed by atoms with van der Waals surface area (Å²) in [7, 11) is 1.76. The summed E-state index contributed by atoms with van der Waals surface area (Å²) >= 11 is 0. The summed E-state index contributed by atoms with van der Waals surface area (Å²) in [5.74, 6) is -0.784. The van der Waals surface area contributed by atoms with Crippen molar-refractivity contribution in [2.45, 2.75) is 63.8 Å². The summed E-state index contributed by atoms with van der Waals surface area (Å²) in [5, 5.41) is 9.15. The minimum absolute atomic E-state index is 0.0350. The first-order valence-corrected chi connectivity index (χ1v) is 7.58. The number of hydrogen-bond acceptors (Lipinski definition) is 3. The Kier molecular flexibility index (Phi) is 6.99. The van der Waals surface area contributed by atoms with Crippen LogP contribution in [0.4, 0.5) is 0 Å². The first kappa shape index (κ1) is 17.0. The topological polar surface area (TPSA) is 66.8 Å². The number of amides is 1. The third-order valence-electron chi connectivity index (χ3n) is 4.23. The number of carbonyl (C=O) groups excluding carboxylic acids is 1. The van der Waals surface area contributed by atoms with Gasteiger partial charge in [0.15, 0.2) is 0 Å². The molecule has 0 aromatic rings. The van der Waals surface area contributed by atoms with Gasteiger partial charge in [0.1, 0.15) is 0 Å². The highest BCUT2D eigenvalue weighted by Gasteiger charge is 2.40. The molecule has 5 nitrogen and oxygen atoms in total. The Balaban J connectivity index is 2.60. The Morgan fingerprint density at radius 2 is 1.90 bits per heavy atom. The third-order valence-corrected chi connectivity index (χ3v) is 4.23. The second kappa shape index (κ2) is 8.25. The minimum atomic E-state index is -0.819. The van der Waals surface area contributed by atoms with Crippen LogP contribution in [0, 0.1) is 0 Å². The van der Waals surface area contributed by atoms with Crippen molar-refractivity contribution in [2.24, 2.45) is 0 Å². The van der Waals surface area contributed by atoms with E-state index in [0.29, 0.717) is 26.1 Å². The van der Waals surface area contributed by atoms with Crippen LogP contribution in [0.25, 0.3) is 0 Å². The molecule has 0 aromatic heterocycles. The summed E-state index contributed by atoms with van der Waals surface area (Å²) < 4.78 is 5.23. The average molecular weight is 285 g/mol. The first-order chi connectivity index (χ1) is 9.52. The average Bonchev–Trinajstić information content (AvgIpc) is 2.42. The van der Waals surface area contributed by atoms with Gasteiger partial charge in [-0.1, -0.05) is 19.3 Å². The predicted octanol–water partition coefficient (Wildman–Crippen LogP) is 2.44. The maximum absolute atomic E-state index is 12.3. The molecule has 1 aliphatic rings. The fourth-order valence-corrected chi connectivity index (χ4v) is 3.02. The number of aliphatic carboxylic acids is 1. The van der Waals surface area contributed by atoms with E-state index in [0.717, 1.165) is 32.1 Å². The normalized spacial score (nSPS) is 17.7. The first-order valence-electron chi connectivity index (χ1n) is 7.58. The van der Waals surface area contributed by atoms with Crippen molar-refractivity contribution in [2.75, 3.05) is 20.3 Å². The van der Waals surface area contributed by atoms with Gasteiger partial charge in [-0.3, -0.25) is 9.59 Å². The Morgan fingerprint density at radius 1 is 1.25 bits per heavy atom. The number of carboxylic acids is 1. The summed E-state index contributed by atoms with van der Waals surface area (Å²) in [6.07, 6.45) is 5.92. The van der Waals surface area contributed by atoms with Gasteiger partial charge in [0.25, 0.3) is 0 Å². The van der Waals surface area contributed by atoms with Crippen LogP contribution in [0.2, 0.25) is 0 Å². The monoisotopic (exact) mass is 285 g/mol. The van der Waals surface area contributed by atoms with Gasteiger partial charge in [-0.05, 0) is 26.2 Å². The lowest BCUT2D eigenvalue weighted by molar-refractivity contribution is -0.146. The second-order valence-electron chi connectivity index (χ2n) is 5.61. The molecule has 0 aromatic carbocycles. The van der Waals surface area contributed by atoms with Crippen molar-refractivity contribution in [3.63, 3.8) is 0 Å². The quantitative estimate of drug-likeness (QED) is 0.696. The van der Waals surface area contributed by atoms with Crippen LogP contribution in [-0.4, -0.2) is 47.7 Å². The SMILES string of the molecule is CCOCCCC(=O)N(C)C1(CC(=O)O)CCCCC1. The molecule has 1 aliphatic carbocycles. The molecule has 0 aliphatic heterocycles. The van der Waals surface area contributed by atoms with Gasteiger partial charge < -0.3 is 14.7 Å². The Bertz CT molecular complexity index is 324. The highest BCUT2D eigenvalue weighted by atomic mass is 16.5. The number of carbonyl (C=O) groups is 2. The van der Waals surface area contributed by atoms with E-state index in [-0.39, 0.29) is 12.3 Å². The van der Waals surface area contributed by atoms with Gasteiger partial charge in [0, 0.05) is 26.7 Å². The molecule has 5 heteroatoms. The minimum Gasteiger partial charge on any atom is -0.481 e.